The van der Waals surface area contributed by atoms with Crippen molar-refractivity contribution in [2.24, 2.45) is 0 Å². The summed E-state index contributed by atoms with van der Waals surface area (Å²) in [7, 11) is 0. The zero-order valence-electron chi connectivity index (χ0n) is 8.62. The molecule has 2 rings (SSSR count). The van der Waals surface area contributed by atoms with Crippen LogP contribution in [0.1, 0.15) is 31.6 Å². The Hall–Kier alpha value is -0.800. The molecule has 0 saturated carbocycles. The average Bonchev–Trinajstić information content (AvgIpc) is 2.72. The van der Waals surface area contributed by atoms with Crippen LogP contribution < -0.4 is 10.6 Å². The zero-order valence-corrected chi connectivity index (χ0v) is 8.62. The average molecular weight is 194 g/mol. The van der Waals surface area contributed by atoms with E-state index in [0.717, 1.165) is 18.8 Å². The molecule has 2 N–H and O–H groups in total. The largest absolute Gasteiger partial charge is 0.468 e. The maximum absolute atomic E-state index is 5.35. The molecule has 1 aliphatic heterocycles. The smallest absolute Gasteiger partial charge is 0.120 e. The van der Waals surface area contributed by atoms with Gasteiger partial charge in [0.15, 0.2) is 0 Å². The van der Waals surface area contributed by atoms with E-state index in [9.17, 15) is 0 Å². The summed E-state index contributed by atoms with van der Waals surface area (Å²) in [6.45, 7) is 4.38. The van der Waals surface area contributed by atoms with Gasteiger partial charge in [0.05, 0.1) is 12.3 Å². The van der Waals surface area contributed by atoms with E-state index in [1.54, 1.807) is 6.26 Å². The minimum atomic E-state index is 0.315. The first-order valence-electron chi connectivity index (χ1n) is 5.36. The first kappa shape index (κ1) is 9.74. The first-order valence-corrected chi connectivity index (χ1v) is 5.36. The molecule has 14 heavy (non-hydrogen) atoms. The van der Waals surface area contributed by atoms with Gasteiger partial charge in [0.1, 0.15) is 5.76 Å². The second-order valence-corrected chi connectivity index (χ2v) is 3.95. The lowest BCUT2D eigenvalue weighted by molar-refractivity contribution is 0.335. The number of rotatable bonds is 3. The predicted octanol–water partition coefficient (Wildman–Crippen LogP) is 1.68. The lowest BCUT2D eigenvalue weighted by Crippen LogP contribution is -2.43. The van der Waals surface area contributed by atoms with Crippen LogP contribution in [0.4, 0.5) is 0 Å². The molecule has 1 aromatic rings. The van der Waals surface area contributed by atoms with Crippen molar-refractivity contribution in [2.75, 3.05) is 13.1 Å². The molecule has 0 spiro atoms. The third-order valence-electron chi connectivity index (χ3n) is 2.75. The van der Waals surface area contributed by atoms with E-state index in [4.69, 9.17) is 4.42 Å². The topological polar surface area (TPSA) is 37.2 Å². The standard InChI is InChI=1S/C11H18N2O/c1-9(11-5-3-7-14-11)13-10-4-2-6-12-8-10/h3,5,7,9-10,12-13H,2,4,6,8H2,1H3/t9-,10-/m1/s1. The molecule has 1 fully saturated rings. The molecule has 3 heteroatoms. The number of nitrogens with one attached hydrogen (secondary N) is 2. The Morgan fingerprint density at radius 1 is 1.64 bits per heavy atom. The van der Waals surface area contributed by atoms with Crippen molar-refractivity contribution in [3.05, 3.63) is 24.2 Å². The van der Waals surface area contributed by atoms with E-state index in [1.165, 1.54) is 12.8 Å². The van der Waals surface area contributed by atoms with Gasteiger partial charge in [-0.2, -0.15) is 0 Å². The Morgan fingerprint density at radius 2 is 2.57 bits per heavy atom. The molecule has 0 aromatic carbocycles. The predicted molar refractivity (Wildman–Crippen MR) is 56.2 cm³/mol. The fourth-order valence-corrected chi connectivity index (χ4v) is 1.97. The maximum Gasteiger partial charge on any atom is 0.120 e. The number of furan rings is 1. The van der Waals surface area contributed by atoms with Crippen LogP contribution in [0.5, 0.6) is 0 Å². The molecule has 2 heterocycles. The fourth-order valence-electron chi connectivity index (χ4n) is 1.97. The molecule has 0 radical (unpaired) electrons. The molecule has 78 valence electrons. The quantitative estimate of drug-likeness (QED) is 0.768. The van der Waals surface area contributed by atoms with Crippen LogP contribution >= 0.6 is 0 Å². The van der Waals surface area contributed by atoms with Crippen molar-refractivity contribution in [1.29, 1.82) is 0 Å². The van der Waals surface area contributed by atoms with E-state index in [0.29, 0.717) is 12.1 Å². The number of hydrogen-bond donors (Lipinski definition) is 2. The second-order valence-electron chi connectivity index (χ2n) is 3.95. The lowest BCUT2D eigenvalue weighted by Gasteiger charge is -2.26. The van der Waals surface area contributed by atoms with Crippen LogP contribution in [0.2, 0.25) is 0 Å². The summed E-state index contributed by atoms with van der Waals surface area (Å²) < 4.78 is 5.35. The van der Waals surface area contributed by atoms with Crippen molar-refractivity contribution < 1.29 is 4.42 Å². The van der Waals surface area contributed by atoms with Crippen LogP contribution in [0.3, 0.4) is 0 Å². The second kappa shape index (κ2) is 4.62. The fraction of sp³-hybridized carbons (Fsp3) is 0.636. The van der Waals surface area contributed by atoms with Gasteiger partial charge in [-0.1, -0.05) is 0 Å². The summed E-state index contributed by atoms with van der Waals surface area (Å²) in [4.78, 5) is 0. The minimum absolute atomic E-state index is 0.315. The maximum atomic E-state index is 5.35. The van der Waals surface area contributed by atoms with Crippen LogP contribution in [-0.2, 0) is 0 Å². The monoisotopic (exact) mass is 194 g/mol. The Kier molecular flexibility index (Phi) is 3.22. The third-order valence-corrected chi connectivity index (χ3v) is 2.75. The molecule has 3 nitrogen and oxygen atoms in total. The van der Waals surface area contributed by atoms with E-state index < -0.39 is 0 Å². The zero-order chi connectivity index (χ0) is 9.80. The van der Waals surface area contributed by atoms with Gasteiger partial charge < -0.3 is 15.1 Å². The first-order chi connectivity index (χ1) is 6.86. The highest BCUT2D eigenvalue weighted by molar-refractivity contribution is 5.03. The molecule has 1 aliphatic rings. The molecule has 2 atom stereocenters. The van der Waals surface area contributed by atoms with Gasteiger partial charge >= 0.3 is 0 Å². The van der Waals surface area contributed by atoms with Crippen molar-refractivity contribution in [1.82, 2.24) is 10.6 Å². The Bertz CT molecular complexity index is 252. The SMILES string of the molecule is C[C@@H](N[C@@H]1CCCNC1)c1ccco1. The number of piperidine rings is 1. The van der Waals surface area contributed by atoms with Crippen molar-refractivity contribution in [2.45, 2.75) is 31.8 Å². The molecule has 0 aliphatic carbocycles. The van der Waals surface area contributed by atoms with Crippen LogP contribution in [0.15, 0.2) is 22.8 Å². The Balaban J connectivity index is 1.84. The molecule has 1 aromatic heterocycles. The van der Waals surface area contributed by atoms with Gasteiger partial charge in [-0.15, -0.1) is 0 Å². The van der Waals surface area contributed by atoms with Crippen LogP contribution in [0.25, 0.3) is 0 Å². The summed E-state index contributed by atoms with van der Waals surface area (Å²) >= 11 is 0. The summed E-state index contributed by atoms with van der Waals surface area (Å²) in [5.41, 5.74) is 0. The van der Waals surface area contributed by atoms with E-state index >= 15 is 0 Å². The normalized spacial score (nSPS) is 24.8. The molecule has 1 saturated heterocycles. The van der Waals surface area contributed by atoms with Crippen molar-refractivity contribution in [3.8, 4) is 0 Å². The molecular formula is C11H18N2O. The van der Waals surface area contributed by atoms with Crippen molar-refractivity contribution >= 4 is 0 Å². The summed E-state index contributed by atoms with van der Waals surface area (Å²) in [5, 5.41) is 6.96. The highest BCUT2D eigenvalue weighted by Gasteiger charge is 2.16. The molecule has 0 unspecified atom stereocenters. The lowest BCUT2D eigenvalue weighted by atomic mass is 10.1. The molecule has 0 bridgehead atoms. The summed E-state index contributed by atoms with van der Waals surface area (Å²) in [6.07, 6.45) is 4.26. The molecule has 0 amide bonds. The van der Waals surface area contributed by atoms with Crippen LogP contribution in [-0.4, -0.2) is 19.1 Å². The molecular weight excluding hydrogens is 176 g/mol. The highest BCUT2D eigenvalue weighted by atomic mass is 16.3. The van der Waals surface area contributed by atoms with Gasteiger partial charge in [0.25, 0.3) is 0 Å². The third kappa shape index (κ3) is 2.36. The van der Waals surface area contributed by atoms with Crippen molar-refractivity contribution in [3.63, 3.8) is 0 Å². The highest BCUT2D eigenvalue weighted by Crippen LogP contribution is 2.14. The number of hydrogen-bond acceptors (Lipinski definition) is 3. The van der Waals surface area contributed by atoms with Gasteiger partial charge in [-0.3, -0.25) is 0 Å². The van der Waals surface area contributed by atoms with E-state index in [-0.39, 0.29) is 0 Å². The Morgan fingerprint density at radius 3 is 3.21 bits per heavy atom. The van der Waals surface area contributed by atoms with Gasteiger partial charge in [-0.05, 0) is 38.4 Å². The van der Waals surface area contributed by atoms with Gasteiger partial charge in [0.2, 0.25) is 0 Å². The van der Waals surface area contributed by atoms with E-state index in [1.807, 2.05) is 12.1 Å². The Labute approximate surface area is 84.9 Å². The summed E-state index contributed by atoms with van der Waals surface area (Å²) in [6, 6.07) is 4.86. The minimum Gasteiger partial charge on any atom is -0.468 e. The van der Waals surface area contributed by atoms with Gasteiger partial charge in [0, 0.05) is 12.6 Å². The van der Waals surface area contributed by atoms with Crippen LogP contribution in [0, 0.1) is 0 Å². The summed E-state index contributed by atoms with van der Waals surface area (Å²) in [5.74, 6) is 1.02. The van der Waals surface area contributed by atoms with Gasteiger partial charge in [-0.25, -0.2) is 0 Å². The van der Waals surface area contributed by atoms with E-state index in [2.05, 4.69) is 17.6 Å².